The zero-order valence-electron chi connectivity index (χ0n) is 22.3. The van der Waals surface area contributed by atoms with E-state index in [9.17, 15) is 4.79 Å². The van der Waals surface area contributed by atoms with Gasteiger partial charge in [-0.3, -0.25) is 0 Å². The number of quaternary nitrogens is 1. The van der Waals surface area contributed by atoms with Crippen LogP contribution in [0.15, 0.2) is 60.7 Å². The molecule has 5 nitrogen and oxygen atoms in total. The third-order valence-electron chi connectivity index (χ3n) is 8.54. The Morgan fingerprint density at radius 1 is 0.889 bits per heavy atom. The lowest BCUT2D eigenvalue weighted by Crippen LogP contribution is -2.60. The van der Waals surface area contributed by atoms with Gasteiger partial charge in [-0.1, -0.05) is 60.7 Å². The molecular weight excluding hydrogens is 466 g/mol. The van der Waals surface area contributed by atoms with Crippen LogP contribution in [-0.4, -0.2) is 56.3 Å². The van der Waals surface area contributed by atoms with E-state index in [1.54, 1.807) is 0 Å². The van der Waals surface area contributed by atoms with Crippen LogP contribution < -0.4 is 0 Å². The fourth-order valence-electron chi connectivity index (χ4n) is 7.24. The SMILES string of the molecule is CC(OC(C(=O)OC1CC2CCC(C1)[N+]21CCCC1)(c1ccccc1)c1ccccc1)O[Si](C)(C)C. The Kier molecular flexibility index (Phi) is 7.16. The van der Waals surface area contributed by atoms with Crippen molar-refractivity contribution in [1.29, 1.82) is 0 Å². The highest BCUT2D eigenvalue weighted by atomic mass is 28.4. The van der Waals surface area contributed by atoms with Crippen LogP contribution >= 0.6 is 0 Å². The van der Waals surface area contributed by atoms with Gasteiger partial charge in [0.1, 0.15) is 12.4 Å². The Labute approximate surface area is 217 Å². The fourth-order valence-corrected chi connectivity index (χ4v) is 8.29. The van der Waals surface area contributed by atoms with E-state index in [4.69, 9.17) is 13.9 Å². The maximum Gasteiger partial charge on any atom is 0.348 e. The maximum absolute atomic E-state index is 14.4. The molecule has 2 bridgehead atoms. The van der Waals surface area contributed by atoms with E-state index in [1.807, 2.05) is 67.6 Å². The lowest BCUT2D eigenvalue weighted by molar-refractivity contribution is -0.956. The van der Waals surface area contributed by atoms with E-state index in [0.29, 0.717) is 12.1 Å². The average molecular weight is 509 g/mol. The molecule has 0 radical (unpaired) electrons. The van der Waals surface area contributed by atoms with Crippen LogP contribution in [0.1, 0.15) is 56.6 Å². The van der Waals surface area contributed by atoms with Gasteiger partial charge in [0.25, 0.3) is 0 Å². The van der Waals surface area contributed by atoms with Gasteiger partial charge in [-0.15, -0.1) is 0 Å². The van der Waals surface area contributed by atoms with Gasteiger partial charge in [-0.2, -0.15) is 0 Å². The zero-order chi connectivity index (χ0) is 25.4. The summed E-state index contributed by atoms with van der Waals surface area (Å²) in [7, 11) is -1.91. The summed E-state index contributed by atoms with van der Waals surface area (Å²) in [6, 6.07) is 20.8. The molecule has 36 heavy (non-hydrogen) atoms. The van der Waals surface area contributed by atoms with Crippen molar-refractivity contribution in [1.82, 2.24) is 0 Å². The summed E-state index contributed by atoms with van der Waals surface area (Å²) in [5.74, 6) is -0.329. The van der Waals surface area contributed by atoms with E-state index in [1.165, 1.54) is 43.3 Å². The molecule has 3 fully saturated rings. The number of hydrogen-bond donors (Lipinski definition) is 0. The summed E-state index contributed by atoms with van der Waals surface area (Å²) in [6.07, 6.45) is 6.49. The molecule has 5 rings (SSSR count). The largest absolute Gasteiger partial charge is 0.459 e. The summed E-state index contributed by atoms with van der Waals surface area (Å²) in [5.41, 5.74) is 0.154. The van der Waals surface area contributed by atoms with Crippen molar-refractivity contribution in [3.8, 4) is 0 Å². The molecule has 3 aliphatic heterocycles. The summed E-state index contributed by atoms with van der Waals surface area (Å²) >= 11 is 0. The average Bonchev–Trinajstić information content (AvgIpc) is 3.39. The third-order valence-corrected chi connectivity index (χ3v) is 9.58. The Balaban J connectivity index is 1.48. The predicted octanol–water partition coefficient (Wildman–Crippen LogP) is 5.99. The number of hydrogen-bond acceptors (Lipinski definition) is 4. The Morgan fingerprint density at radius 2 is 1.39 bits per heavy atom. The van der Waals surface area contributed by atoms with Crippen molar-refractivity contribution in [2.24, 2.45) is 0 Å². The highest BCUT2D eigenvalue weighted by molar-refractivity contribution is 6.69. The number of carbonyl (C=O) groups is 1. The Morgan fingerprint density at radius 3 is 1.86 bits per heavy atom. The van der Waals surface area contributed by atoms with Gasteiger partial charge in [0.15, 0.2) is 8.32 Å². The number of esters is 1. The van der Waals surface area contributed by atoms with Crippen LogP contribution in [0.25, 0.3) is 0 Å². The summed E-state index contributed by atoms with van der Waals surface area (Å²) in [5, 5.41) is 0. The normalized spacial score (nSPS) is 26.2. The molecule has 0 aromatic heterocycles. The number of carbonyl (C=O) groups excluding carboxylic acids is 1. The number of ether oxygens (including phenoxy) is 2. The molecule has 3 atom stereocenters. The molecule has 0 N–H and O–H groups in total. The van der Waals surface area contributed by atoms with E-state index < -0.39 is 20.2 Å². The van der Waals surface area contributed by atoms with Crippen LogP contribution in [0.3, 0.4) is 0 Å². The van der Waals surface area contributed by atoms with Gasteiger partial charge in [-0.05, 0) is 37.7 Å². The van der Waals surface area contributed by atoms with E-state index in [-0.39, 0.29) is 12.1 Å². The molecule has 2 aromatic rings. The van der Waals surface area contributed by atoms with E-state index in [0.717, 1.165) is 24.0 Å². The van der Waals surface area contributed by atoms with Crippen molar-refractivity contribution in [2.75, 3.05) is 13.1 Å². The Bertz CT molecular complexity index is 976. The first-order chi connectivity index (χ1) is 17.2. The Hall–Kier alpha value is -1.99. The summed E-state index contributed by atoms with van der Waals surface area (Å²) in [4.78, 5) is 14.4. The van der Waals surface area contributed by atoms with Crippen LogP contribution in [0.5, 0.6) is 0 Å². The highest BCUT2D eigenvalue weighted by Gasteiger charge is 2.57. The molecule has 0 aliphatic carbocycles. The van der Waals surface area contributed by atoms with Gasteiger partial charge in [-0.25, -0.2) is 4.79 Å². The minimum absolute atomic E-state index is 0.0667. The van der Waals surface area contributed by atoms with Gasteiger partial charge in [0.2, 0.25) is 5.60 Å². The van der Waals surface area contributed by atoms with Gasteiger partial charge in [0.05, 0.1) is 25.2 Å². The topological polar surface area (TPSA) is 44.8 Å². The van der Waals surface area contributed by atoms with Crippen molar-refractivity contribution in [3.05, 3.63) is 71.8 Å². The molecule has 1 spiro atoms. The first-order valence-electron chi connectivity index (χ1n) is 13.8. The molecule has 0 amide bonds. The third kappa shape index (κ3) is 4.81. The molecule has 0 saturated carbocycles. The second kappa shape index (κ2) is 10.0. The van der Waals surface area contributed by atoms with Crippen LogP contribution in [-0.2, 0) is 24.3 Å². The molecule has 3 aliphatic rings. The maximum atomic E-state index is 14.4. The van der Waals surface area contributed by atoms with Crippen molar-refractivity contribution < 1.29 is 23.2 Å². The lowest BCUT2D eigenvalue weighted by Gasteiger charge is -2.47. The number of benzene rings is 2. The van der Waals surface area contributed by atoms with Gasteiger partial charge in [0, 0.05) is 38.5 Å². The lowest BCUT2D eigenvalue weighted by atomic mass is 9.85. The van der Waals surface area contributed by atoms with Crippen LogP contribution in [0, 0.1) is 0 Å². The number of nitrogens with zero attached hydrogens (tertiary/aromatic N) is 1. The second-order valence-electron chi connectivity index (χ2n) is 12.0. The number of piperidine rings is 1. The molecular formula is C30H42NO4Si+. The zero-order valence-corrected chi connectivity index (χ0v) is 23.3. The van der Waals surface area contributed by atoms with Crippen molar-refractivity contribution in [3.63, 3.8) is 0 Å². The van der Waals surface area contributed by atoms with Gasteiger partial charge >= 0.3 is 5.97 Å². The molecule has 194 valence electrons. The molecule has 6 heteroatoms. The van der Waals surface area contributed by atoms with E-state index in [2.05, 4.69) is 19.6 Å². The number of rotatable bonds is 8. The standard InChI is InChI=1S/C30H42NO4Si/c1-23(35-36(2,3)4)34-30(24-13-7-5-8-14-24,25-15-9-6-10-16-25)29(32)33-28-21-26-17-18-27(22-28)31(26)19-11-12-20-31/h5-10,13-16,23,26-28H,11-12,17-22H2,1-4H3/q+1. The van der Waals surface area contributed by atoms with E-state index >= 15 is 0 Å². The second-order valence-corrected chi connectivity index (χ2v) is 16.4. The quantitative estimate of drug-likeness (QED) is 0.190. The first kappa shape index (κ1) is 25.6. The van der Waals surface area contributed by atoms with Crippen LogP contribution in [0.2, 0.25) is 19.6 Å². The molecule has 2 aromatic carbocycles. The summed E-state index contributed by atoms with van der Waals surface area (Å²) in [6.45, 7) is 10.9. The smallest absolute Gasteiger partial charge is 0.348 e. The summed E-state index contributed by atoms with van der Waals surface area (Å²) < 4.78 is 20.7. The first-order valence-corrected chi connectivity index (χ1v) is 17.2. The van der Waals surface area contributed by atoms with Crippen molar-refractivity contribution in [2.45, 2.75) is 95.2 Å². The minimum Gasteiger partial charge on any atom is -0.459 e. The van der Waals surface area contributed by atoms with Crippen LogP contribution in [0.4, 0.5) is 0 Å². The van der Waals surface area contributed by atoms with Crippen molar-refractivity contribution >= 4 is 14.3 Å². The fraction of sp³-hybridized carbons (Fsp3) is 0.567. The highest BCUT2D eigenvalue weighted by Crippen LogP contribution is 2.47. The van der Waals surface area contributed by atoms with Gasteiger partial charge < -0.3 is 18.4 Å². The predicted molar refractivity (Wildman–Crippen MR) is 144 cm³/mol. The molecule has 3 saturated heterocycles. The molecule has 3 heterocycles. The minimum atomic E-state index is -1.91. The molecule has 3 unspecified atom stereocenters. The monoisotopic (exact) mass is 508 g/mol.